The average molecular weight is 462 g/mol. The van der Waals surface area contributed by atoms with E-state index >= 15 is 0 Å². The second-order valence-corrected chi connectivity index (χ2v) is 8.12. The van der Waals surface area contributed by atoms with Gasteiger partial charge < -0.3 is 25.2 Å². The Labute approximate surface area is 200 Å². The molecule has 1 atom stereocenters. The van der Waals surface area contributed by atoms with Crippen LogP contribution in [0.5, 0.6) is 5.75 Å². The Morgan fingerprint density at radius 1 is 1.18 bits per heavy atom. The van der Waals surface area contributed by atoms with Crippen molar-refractivity contribution >= 4 is 23.4 Å². The SMILES string of the molecule is CCNc1ncc2c(n1)N(C)CCN(c1cccc(OC(CCNC)c3cccnc3)c1)C2=O. The molecule has 0 saturated carbocycles. The fourth-order valence-corrected chi connectivity index (χ4v) is 3.93. The van der Waals surface area contributed by atoms with E-state index in [0.717, 1.165) is 24.2 Å². The summed E-state index contributed by atoms with van der Waals surface area (Å²) >= 11 is 0. The van der Waals surface area contributed by atoms with Gasteiger partial charge in [0.15, 0.2) is 0 Å². The van der Waals surface area contributed by atoms with Gasteiger partial charge in [-0.2, -0.15) is 4.98 Å². The molecule has 0 aliphatic carbocycles. The molecule has 0 spiro atoms. The van der Waals surface area contributed by atoms with Crippen molar-refractivity contribution in [2.24, 2.45) is 0 Å². The van der Waals surface area contributed by atoms with Crippen molar-refractivity contribution in [1.82, 2.24) is 20.3 Å². The van der Waals surface area contributed by atoms with Crippen LogP contribution in [0.4, 0.5) is 17.5 Å². The molecule has 1 aromatic carbocycles. The number of carbonyl (C=O) groups excluding carboxylic acids is 1. The van der Waals surface area contributed by atoms with E-state index < -0.39 is 0 Å². The highest BCUT2D eigenvalue weighted by Crippen LogP contribution is 2.30. The molecular weight excluding hydrogens is 430 g/mol. The highest BCUT2D eigenvalue weighted by molar-refractivity contribution is 6.09. The molecular formula is C25H31N7O2. The molecule has 9 nitrogen and oxygen atoms in total. The number of hydrogen-bond donors (Lipinski definition) is 2. The van der Waals surface area contributed by atoms with Crippen LogP contribution in [0.15, 0.2) is 55.0 Å². The van der Waals surface area contributed by atoms with Crippen LogP contribution in [-0.2, 0) is 0 Å². The Morgan fingerprint density at radius 2 is 2.06 bits per heavy atom. The van der Waals surface area contributed by atoms with Gasteiger partial charge in [0, 0.05) is 69.0 Å². The molecule has 178 valence electrons. The highest BCUT2D eigenvalue weighted by Gasteiger charge is 2.28. The predicted molar refractivity (Wildman–Crippen MR) is 134 cm³/mol. The van der Waals surface area contributed by atoms with Crippen molar-refractivity contribution in [1.29, 1.82) is 0 Å². The molecule has 1 amide bonds. The Kier molecular flexibility index (Phi) is 7.54. The van der Waals surface area contributed by atoms with Crippen LogP contribution < -0.4 is 25.2 Å². The number of nitrogens with one attached hydrogen (secondary N) is 2. The first-order valence-electron chi connectivity index (χ1n) is 11.6. The Morgan fingerprint density at radius 3 is 2.82 bits per heavy atom. The molecule has 0 fully saturated rings. The maximum Gasteiger partial charge on any atom is 0.263 e. The lowest BCUT2D eigenvalue weighted by atomic mass is 10.1. The highest BCUT2D eigenvalue weighted by atomic mass is 16.5. The number of amides is 1. The third kappa shape index (κ3) is 5.26. The van der Waals surface area contributed by atoms with Gasteiger partial charge in [-0.3, -0.25) is 9.78 Å². The van der Waals surface area contributed by atoms with Gasteiger partial charge >= 0.3 is 0 Å². The van der Waals surface area contributed by atoms with Gasteiger partial charge in [-0.05, 0) is 38.7 Å². The van der Waals surface area contributed by atoms with Gasteiger partial charge in [0.1, 0.15) is 23.2 Å². The molecule has 2 N–H and O–H groups in total. The van der Waals surface area contributed by atoms with E-state index in [-0.39, 0.29) is 12.0 Å². The first-order valence-corrected chi connectivity index (χ1v) is 11.6. The zero-order valence-corrected chi connectivity index (χ0v) is 19.9. The number of anilines is 3. The van der Waals surface area contributed by atoms with Crippen LogP contribution in [0.25, 0.3) is 0 Å². The summed E-state index contributed by atoms with van der Waals surface area (Å²) in [6, 6.07) is 11.6. The third-order valence-corrected chi connectivity index (χ3v) is 5.72. The van der Waals surface area contributed by atoms with Crippen LogP contribution >= 0.6 is 0 Å². The van der Waals surface area contributed by atoms with Crippen molar-refractivity contribution in [3.05, 3.63) is 66.1 Å². The van der Waals surface area contributed by atoms with E-state index in [0.29, 0.717) is 42.7 Å². The fourth-order valence-electron chi connectivity index (χ4n) is 3.93. The average Bonchev–Trinajstić information content (AvgIpc) is 2.99. The fraction of sp³-hybridized carbons (Fsp3) is 0.360. The zero-order valence-electron chi connectivity index (χ0n) is 19.9. The lowest BCUT2D eigenvalue weighted by molar-refractivity contribution is 0.0989. The number of ether oxygens (including phenoxy) is 1. The minimum absolute atomic E-state index is 0.126. The molecule has 0 saturated heterocycles. The first kappa shape index (κ1) is 23.4. The molecule has 1 aliphatic rings. The van der Waals surface area contributed by atoms with Gasteiger partial charge in [0.25, 0.3) is 5.91 Å². The van der Waals surface area contributed by atoms with Crippen LogP contribution in [0.2, 0.25) is 0 Å². The van der Waals surface area contributed by atoms with Gasteiger partial charge in [-0.15, -0.1) is 0 Å². The number of carbonyl (C=O) groups is 1. The molecule has 9 heteroatoms. The monoisotopic (exact) mass is 461 g/mol. The lowest BCUT2D eigenvalue weighted by Crippen LogP contribution is -2.33. The number of fused-ring (bicyclic) bond motifs is 1. The number of pyridine rings is 1. The standard InChI is InChI=1S/C25H31N7O2/c1-4-28-25-29-17-21-23(30-25)31(3)13-14-32(24(21)33)19-8-5-9-20(15-19)34-22(10-12-26-2)18-7-6-11-27-16-18/h5-9,11,15-17,22,26H,4,10,12-14H2,1-3H3,(H,28,29,30). The third-order valence-electron chi connectivity index (χ3n) is 5.72. The van der Waals surface area contributed by atoms with E-state index in [1.165, 1.54) is 0 Å². The van der Waals surface area contributed by atoms with Crippen LogP contribution in [0.3, 0.4) is 0 Å². The molecule has 1 unspecified atom stereocenters. The second-order valence-electron chi connectivity index (χ2n) is 8.12. The summed E-state index contributed by atoms with van der Waals surface area (Å²) in [6.45, 7) is 4.67. The van der Waals surface area contributed by atoms with E-state index in [1.807, 2.05) is 68.5 Å². The smallest absolute Gasteiger partial charge is 0.263 e. The van der Waals surface area contributed by atoms with Crippen molar-refractivity contribution in [2.75, 3.05) is 55.4 Å². The van der Waals surface area contributed by atoms with E-state index in [4.69, 9.17) is 4.74 Å². The number of hydrogen-bond acceptors (Lipinski definition) is 8. The summed E-state index contributed by atoms with van der Waals surface area (Å²) in [5.41, 5.74) is 2.27. The zero-order chi connectivity index (χ0) is 23.9. The van der Waals surface area contributed by atoms with Crippen LogP contribution in [-0.4, -0.2) is 61.1 Å². The summed E-state index contributed by atoms with van der Waals surface area (Å²) in [5, 5.41) is 6.29. The Hall–Kier alpha value is -3.72. The Balaban J connectivity index is 1.59. The van der Waals surface area contributed by atoms with Crippen molar-refractivity contribution in [2.45, 2.75) is 19.4 Å². The first-order chi connectivity index (χ1) is 16.6. The largest absolute Gasteiger partial charge is 0.486 e. The van der Waals surface area contributed by atoms with Crippen molar-refractivity contribution < 1.29 is 9.53 Å². The number of nitrogens with zero attached hydrogens (tertiary/aromatic N) is 5. The second kappa shape index (κ2) is 10.9. The number of aromatic nitrogens is 3. The predicted octanol–water partition coefficient (Wildman–Crippen LogP) is 3.13. The number of rotatable bonds is 9. The molecule has 0 radical (unpaired) electrons. The van der Waals surface area contributed by atoms with Gasteiger partial charge in [0.2, 0.25) is 5.95 Å². The molecule has 3 aromatic rings. The van der Waals surface area contributed by atoms with Gasteiger partial charge in [-0.1, -0.05) is 12.1 Å². The van der Waals surface area contributed by atoms with Crippen LogP contribution in [0.1, 0.15) is 35.4 Å². The van der Waals surface area contributed by atoms with Gasteiger partial charge in [0.05, 0.1) is 0 Å². The topological polar surface area (TPSA) is 95.5 Å². The number of likely N-dealkylation sites (N-methyl/N-ethyl adjacent to an activating group) is 1. The lowest BCUT2D eigenvalue weighted by Gasteiger charge is -2.23. The summed E-state index contributed by atoms with van der Waals surface area (Å²) in [5.74, 6) is 1.73. The van der Waals surface area contributed by atoms with E-state index in [9.17, 15) is 4.79 Å². The molecule has 0 bridgehead atoms. The maximum absolute atomic E-state index is 13.5. The molecule has 3 heterocycles. The normalized spacial score (nSPS) is 14.4. The van der Waals surface area contributed by atoms with E-state index in [2.05, 4.69) is 25.6 Å². The minimum atomic E-state index is -0.152. The quantitative estimate of drug-likeness (QED) is 0.502. The van der Waals surface area contributed by atoms with Crippen molar-refractivity contribution in [3.8, 4) is 5.75 Å². The molecule has 1 aliphatic heterocycles. The van der Waals surface area contributed by atoms with Gasteiger partial charge in [-0.25, -0.2) is 4.98 Å². The molecule has 34 heavy (non-hydrogen) atoms. The van der Waals surface area contributed by atoms with E-state index in [1.54, 1.807) is 17.3 Å². The summed E-state index contributed by atoms with van der Waals surface area (Å²) < 4.78 is 6.37. The van der Waals surface area contributed by atoms with Crippen molar-refractivity contribution in [3.63, 3.8) is 0 Å². The Bertz CT molecular complexity index is 1110. The minimum Gasteiger partial charge on any atom is -0.486 e. The molecule has 4 rings (SSSR count). The summed E-state index contributed by atoms with van der Waals surface area (Å²) in [7, 11) is 3.86. The summed E-state index contributed by atoms with van der Waals surface area (Å²) in [4.78, 5) is 30.4. The maximum atomic E-state index is 13.5. The number of benzene rings is 1. The van der Waals surface area contributed by atoms with Crippen LogP contribution in [0, 0.1) is 0 Å². The summed E-state index contributed by atoms with van der Waals surface area (Å²) in [6.07, 6.45) is 5.83. The molecule has 2 aromatic heterocycles.